The van der Waals surface area contributed by atoms with Crippen LogP contribution in [0.1, 0.15) is 12.5 Å². The highest BCUT2D eigenvalue weighted by atomic mass is 32.2. The van der Waals surface area contributed by atoms with Gasteiger partial charge in [0.25, 0.3) is 0 Å². The van der Waals surface area contributed by atoms with Crippen molar-refractivity contribution in [3.05, 3.63) is 48.3 Å². The minimum Gasteiger partial charge on any atom is -0.325 e. The number of carbonyl (C=O) groups is 1. The van der Waals surface area contributed by atoms with Gasteiger partial charge in [-0.3, -0.25) is 4.79 Å². The molecular formula is C14H12N4OS. The standard InChI is InChI=1S/C14H12N4OS/c1-10(20-14-16-7-2-8-17-14)13(19)18-12-5-3-11(9-15)4-6-12/h2-8,10H,1H3,(H,18,19). The highest BCUT2D eigenvalue weighted by Gasteiger charge is 2.15. The van der Waals surface area contributed by atoms with Crippen LogP contribution in [0.4, 0.5) is 5.69 Å². The molecule has 1 N–H and O–H groups in total. The van der Waals surface area contributed by atoms with Crippen LogP contribution in [0.2, 0.25) is 0 Å². The van der Waals surface area contributed by atoms with E-state index >= 15 is 0 Å². The molecule has 0 aliphatic heterocycles. The molecule has 2 aromatic rings. The molecule has 1 unspecified atom stereocenters. The summed E-state index contributed by atoms with van der Waals surface area (Å²) in [5.41, 5.74) is 1.22. The summed E-state index contributed by atoms with van der Waals surface area (Å²) in [5.74, 6) is -0.132. The normalized spacial score (nSPS) is 11.4. The SMILES string of the molecule is CC(Sc1ncccn1)C(=O)Nc1ccc(C#N)cc1. The number of nitrogens with one attached hydrogen (secondary N) is 1. The van der Waals surface area contributed by atoms with Gasteiger partial charge in [0.15, 0.2) is 5.16 Å². The zero-order valence-electron chi connectivity index (χ0n) is 10.8. The quantitative estimate of drug-likeness (QED) is 0.689. The first-order valence-electron chi connectivity index (χ1n) is 5.94. The van der Waals surface area contributed by atoms with Crippen molar-refractivity contribution in [1.82, 2.24) is 9.97 Å². The molecule has 0 aliphatic carbocycles. The van der Waals surface area contributed by atoms with Crippen LogP contribution in [0.5, 0.6) is 0 Å². The molecule has 0 radical (unpaired) electrons. The van der Waals surface area contributed by atoms with E-state index in [1.807, 2.05) is 6.07 Å². The monoisotopic (exact) mass is 284 g/mol. The maximum atomic E-state index is 12.0. The second-order valence-corrected chi connectivity index (χ2v) is 5.28. The molecule has 100 valence electrons. The summed E-state index contributed by atoms with van der Waals surface area (Å²) in [6, 6.07) is 10.5. The van der Waals surface area contributed by atoms with E-state index in [2.05, 4.69) is 15.3 Å². The Kier molecular flexibility index (Phi) is 4.69. The maximum Gasteiger partial charge on any atom is 0.237 e. The average molecular weight is 284 g/mol. The Morgan fingerprint density at radius 1 is 1.30 bits per heavy atom. The molecule has 0 fully saturated rings. The van der Waals surface area contributed by atoms with Crippen molar-refractivity contribution in [2.24, 2.45) is 0 Å². The maximum absolute atomic E-state index is 12.0. The van der Waals surface area contributed by atoms with Gasteiger partial charge in [0.05, 0.1) is 16.9 Å². The van der Waals surface area contributed by atoms with Crippen molar-refractivity contribution in [3.63, 3.8) is 0 Å². The summed E-state index contributed by atoms with van der Waals surface area (Å²) < 4.78 is 0. The van der Waals surface area contributed by atoms with Gasteiger partial charge < -0.3 is 5.32 Å². The Balaban J connectivity index is 1.95. The third-order valence-corrected chi connectivity index (χ3v) is 3.46. The molecule has 1 aromatic carbocycles. The highest BCUT2D eigenvalue weighted by Crippen LogP contribution is 2.20. The number of thioether (sulfide) groups is 1. The Morgan fingerprint density at radius 2 is 1.95 bits per heavy atom. The third-order valence-electron chi connectivity index (χ3n) is 2.48. The summed E-state index contributed by atoms with van der Waals surface area (Å²) >= 11 is 1.29. The van der Waals surface area contributed by atoms with Crippen LogP contribution >= 0.6 is 11.8 Å². The summed E-state index contributed by atoms with van der Waals surface area (Å²) in [6.45, 7) is 1.79. The Bertz CT molecular complexity index is 622. The number of benzene rings is 1. The van der Waals surface area contributed by atoms with Gasteiger partial charge in [0.2, 0.25) is 5.91 Å². The first-order chi connectivity index (χ1) is 9.69. The van der Waals surface area contributed by atoms with Crippen LogP contribution in [0.15, 0.2) is 47.9 Å². The fourth-order valence-electron chi connectivity index (χ4n) is 1.43. The van der Waals surface area contributed by atoms with Crippen molar-refractivity contribution in [3.8, 4) is 6.07 Å². The number of nitrogens with zero attached hydrogens (tertiary/aromatic N) is 3. The van der Waals surface area contributed by atoms with E-state index in [0.717, 1.165) is 0 Å². The number of hydrogen-bond acceptors (Lipinski definition) is 5. The molecule has 0 saturated heterocycles. The molecule has 0 bridgehead atoms. The lowest BCUT2D eigenvalue weighted by Gasteiger charge is -2.10. The molecule has 0 aliphatic rings. The Hall–Kier alpha value is -2.39. The van der Waals surface area contributed by atoms with Crippen molar-refractivity contribution >= 4 is 23.4 Å². The van der Waals surface area contributed by atoms with Gasteiger partial charge in [0, 0.05) is 18.1 Å². The topological polar surface area (TPSA) is 78.7 Å². The first kappa shape index (κ1) is 14.0. The number of carbonyl (C=O) groups excluding carboxylic acids is 1. The van der Waals surface area contributed by atoms with E-state index in [-0.39, 0.29) is 11.2 Å². The van der Waals surface area contributed by atoms with Gasteiger partial charge in [-0.15, -0.1) is 0 Å². The third kappa shape index (κ3) is 3.80. The van der Waals surface area contributed by atoms with Gasteiger partial charge in [-0.25, -0.2) is 9.97 Å². The van der Waals surface area contributed by atoms with Crippen molar-refractivity contribution < 1.29 is 4.79 Å². The molecule has 20 heavy (non-hydrogen) atoms. The summed E-state index contributed by atoms with van der Waals surface area (Å²) in [5, 5.41) is 11.7. The van der Waals surface area contributed by atoms with Crippen LogP contribution in [0.3, 0.4) is 0 Å². The van der Waals surface area contributed by atoms with Crippen LogP contribution in [-0.4, -0.2) is 21.1 Å². The number of nitriles is 1. The lowest BCUT2D eigenvalue weighted by Crippen LogP contribution is -2.22. The van der Waals surface area contributed by atoms with Crippen LogP contribution < -0.4 is 5.32 Å². The molecule has 0 saturated carbocycles. The second kappa shape index (κ2) is 6.68. The average Bonchev–Trinajstić information content (AvgIpc) is 2.49. The number of amides is 1. The van der Waals surface area contributed by atoms with Crippen molar-refractivity contribution in [1.29, 1.82) is 5.26 Å². The number of anilines is 1. The minimum atomic E-state index is -0.312. The Morgan fingerprint density at radius 3 is 2.55 bits per heavy atom. The van der Waals surface area contributed by atoms with E-state index in [4.69, 9.17) is 5.26 Å². The summed E-state index contributed by atoms with van der Waals surface area (Å²) in [4.78, 5) is 20.2. The van der Waals surface area contributed by atoms with Gasteiger partial charge in [0.1, 0.15) is 0 Å². The number of rotatable bonds is 4. The number of hydrogen-bond donors (Lipinski definition) is 1. The molecule has 0 spiro atoms. The van der Waals surface area contributed by atoms with Crippen molar-refractivity contribution in [2.45, 2.75) is 17.3 Å². The molecule has 1 aromatic heterocycles. The van der Waals surface area contributed by atoms with Crippen LogP contribution in [-0.2, 0) is 4.79 Å². The van der Waals surface area contributed by atoms with Crippen LogP contribution in [0, 0.1) is 11.3 Å². The lowest BCUT2D eigenvalue weighted by molar-refractivity contribution is -0.115. The first-order valence-corrected chi connectivity index (χ1v) is 6.81. The van der Waals surface area contributed by atoms with E-state index in [1.165, 1.54) is 11.8 Å². The smallest absolute Gasteiger partial charge is 0.237 e. The Labute approximate surface area is 121 Å². The zero-order chi connectivity index (χ0) is 14.4. The molecule has 1 atom stereocenters. The zero-order valence-corrected chi connectivity index (χ0v) is 11.6. The highest BCUT2D eigenvalue weighted by molar-refractivity contribution is 8.00. The van der Waals surface area contributed by atoms with Gasteiger partial charge in [-0.05, 0) is 37.3 Å². The predicted molar refractivity (Wildman–Crippen MR) is 77.1 cm³/mol. The second-order valence-electron chi connectivity index (χ2n) is 3.97. The van der Waals surface area contributed by atoms with E-state index < -0.39 is 0 Å². The van der Waals surface area contributed by atoms with Crippen LogP contribution in [0.25, 0.3) is 0 Å². The molecule has 1 heterocycles. The molecular weight excluding hydrogens is 272 g/mol. The lowest BCUT2D eigenvalue weighted by atomic mass is 10.2. The van der Waals surface area contributed by atoms with Crippen molar-refractivity contribution in [2.75, 3.05) is 5.32 Å². The van der Waals surface area contributed by atoms with Gasteiger partial charge >= 0.3 is 0 Å². The molecule has 6 heteroatoms. The molecule has 2 rings (SSSR count). The predicted octanol–water partition coefficient (Wildman–Crippen LogP) is 2.47. The van der Waals surface area contributed by atoms with Gasteiger partial charge in [-0.1, -0.05) is 11.8 Å². The fourth-order valence-corrected chi connectivity index (χ4v) is 2.16. The number of aromatic nitrogens is 2. The summed E-state index contributed by atoms with van der Waals surface area (Å²) in [6.07, 6.45) is 3.28. The minimum absolute atomic E-state index is 0.132. The largest absolute Gasteiger partial charge is 0.325 e. The fraction of sp³-hybridized carbons (Fsp3) is 0.143. The molecule has 5 nitrogen and oxygen atoms in total. The molecule has 1 amide bonds. The van der Waals surface area contributed by atoms with Gasteiger partial charge in [-0.2, -0.15) is 5.26 Å². The van der Waals surface area contributed by atoms with E-state index in [0.29, 0.717) is 16.4 Å². The summed E-state index contributed by atoms with van der Waals surface area (Å²) in [7, 11) is 0. The van der Waals surface area contributed by atoms with E-state index in [1.54, 1.807) is 49.6 Å². The van der Waals surface area contributed by atoms with E-state index in [9.17, 15) is 4.79 Å².